The normalized spacial score (nSPS) is 15.0. The van der Waals surface area contributed by atoms with Gasteiger partial charge in [-0.3, -0.25) is 4.79 Å². The first-order valence-corrected chi connectivity index (χ1v) is 10.3. The quantitative estimate of drug-likeness (QED) is 0.721. The molecule has 10 heteroatoms. The number of hydrogen-bond acceptors (Lipinski definition) is 6. The summed E-state index contributed by atoms with van der Waals surface area (Å²) in [5.41, 5.74) is 0.328. The number of phenolic OH excluding ortho intramolecular Hbond substituents is 1. The molecular weight excluding hydrogens is 429 g/mol. The van der Waals surface area contributed by atoms with Crippen LogP contribution in [0.5, 0.6) is 5.75 Å². The molecule has 0 saturated heterocycles. The summed E-state index contributed by atoms with van der Waals surface area (Å²) in [6.45, 7) is 2.82. The maximum absolute atomic E-state index is 12.7. The molecule has 0 saturated carbocycles. The highest BCUT2D eigenvalue weighted by atomic mass is 35.5. The Hall–Kier alpha value is -2.29. The number of hydrogen-bond donors (Lipinski definition) is 1. The summed E-state index contributed by atoms with van der Waals surface area (Å²) in [7, 11) is -4.17. The van der Waals surface area contributed by atoms with Crippen LogP contribution in [-0.4, -0.2) is 36.4 Å². The third-order valence-electron chi connectivity index (χ3n) is 4.28. The first-order chi connectivity index (χ1) is 13.1. The van der Waals surface area contributed by atoms with Gasteiger partial charge in [0.2, 0.25) is 0 Å². The Bertz CT molecular complexity index is 1100. The van der Waals surface area contributed by atoms with Crippen LogP contribution in [0.25, 0.3) is 0 Å². The topological polar surface area (TPSA) is 101 Å². The molecule has 0 spiro atoms. The van der Waals surface area contributed by atoms with E-state index < -0.39 is 34.4 Å². The fourth-order valence-corrected chi connectivity index (χ4v) is 4.85. The molecule has 0 bridgehead atoms. The molecule has 2 aromatic carbocycles. The number of ether oxygens (including phenoxy) is 1. The van der Waals surface area contributed by atoms with Gasteiger partial charge < -0.3 is 9.84 Å². The maximum Gasteiger partial charge on any atom is 0.343 e. The average molecular weight is 444 g/mol. The fraction of sp³-hybridized carbons (Fsp3) is 0.222. The molecule has 148 valence electrons. The van der Waals surface area contributed by atoms with Crippen LogP contribution >= 0.6 is 23.2 Å². The van der Waals surface area contributed by atoms with Gasteiger partial charge in [-0.15, -0.1) is 0 Å². The second kappa shape index (κ2) is 7.27. The molecule has 0 aliphatic carbocycles. The molecule has 7 nitrogen and oxygen atoms in total. The molecule has 1 amide bonds. The van der Waals surface area contributed by atoms with Crippen LogP contribution in [0.1, 0.15) is 46.0 Å². The van der Waals surface area contributed by atoms with Crippen LogP contribution in [-0.2, 0) is 14.8 Å². The van der Waals surface area contributed by atoms with Gasteiger partial charge in [0.15, 0.2) is 6.73 Å². The number of esters is 1. The lowest BCUT2D eigenvalue weighted by atomic mass is 9.97. The van der Waals surface area contributed by atoms with Crippen molar-refractivity contribution in [2.24, 2.45) is 0 Å². The second-order valence-electron chi connectivity index (χ2n) is 6.35. The van der Waals surface area contributed by atoms with E-state index in [9.17, 15) is 23.1 Å². The van der Waals surface area contributed by atoms with Gasteiger partial charge in [0.1, 0.15) is 16.2 Å². The number of nitrogens with zero attached hydrogens (tertiary/aromatic N) is 1. The first-order valence-electron chi connectivity index (χ1n) is 8.11. The molecule has 1 N–H and O–H groups in total. The number of sulfonamides is 1. The number of carbonyl (C=O) groups is 2. The van der Waals surface area contributed by atoms with Gasteiger partial charge in [-0.25, -0.2) is 13.2 Å². The smallest absolute Gasteiger partial charge is 0.343 e. The number of rotatable bonds is 4. The Balaban J connectivity index is 1.91. The summed E-state index contributed by atoms with van der Waals surface area (Å²) >= 11 is 11.8. The minimum atomic E-state index is -4.17. The summed E-state index contributed by atoms with van der Waals surface area (Å²) < 4.78 is 30.9. The highest BCUT2D eigenvalue weighted by molar-refractivity contribution is 7.90. The van der Waals surface area contributed by atoms with Crippen LogP contribution in [0.3, 0.4) is 0 Å². The van der Waals surface area contributed by atoms with Crippen molar-refractivity contribution in [1.29, 1.82) is 0 Å². The number of halogens is 2. The zero-order chi connectivity index (χ0) is 20.8. The van der Waals surface area contributed by atoms with Crippen LogP contribution in [0, 0.1) is 0 Å². The largest absolute Gasteiger partial charge is 0.506 e. The molecule has 2 aromatic rings. The lowest BCUT2D eigenvalue weighted by Gasteiger charge is -2.16. The predicted octanol–water partition coefficient (Wildman–Crippen LogP) is 3.78. The SMILES string of the molecule is CC(C)c1cccc2c1C(=O)N(COC(=O)c1c(Cl)ccc(O)c1Cl)S2(=O)=O. The van der Waals surface area contributed by atoms with E-state index in [0.29, 0.717) is 9.87 Å². The van der Waals surface area contributed by atoms with Crippen LogP contribution in [0.2, 0.25) is 10.0 Å². The Morgan fingerprint density at radius 2 is 1.89 bits per heavy atom. The average Bonchev–Trinajstić information content (AvgIpc) is 2.83. The molecule has 1 aliphatic rings. The van der Waals surface area contributed by atoms with Crippen molar-refractivity contribution < 1.29 is 27.9 Å². The standard InChI is InChI=1S/C18H15Cl2NO6S/c1-9(2)10-4-3-5-13-14(10)17(23)21(28(13,25)26)8-27-18(24)15-11(19)6-7-12(22)16(15)20/h3-7,9,22H,8H2,1-2H3. The molecule has 0 radical (unpaired) electrons. The van der Waals surface area contributed by atoms with E-state index in [1.54, 1.807) is 12.1 Å². The molecule has 1 heterocycles. The summed E-state index contributed by atoms with van der Waals surface area (Å²) in [5, 5.41) is 9.20. The highest BCUT2D eigenvalue weighted by Gasteiger charge is 2.43. The van der Waals surface area contributed by atoms with Gasteiger partial charge in [-0.1, -0.05) is 49.2 Å². The zero-order valence-corrected chi connectivity index (χ0v) is 17.1. The van der Waals surface area contributed by atoms with Crippen molar-refractivity contribution in [2.75, 3.05) is 6.73 Å². The van der Waals surface area contributed by atoms with Gasteiger partial charge >= 0.3 is 5.97 Å². The van der Waals surface area contributed by atoms with E-state index in [0.717, 1.165) is 0 Å². The van der Waals surface area contributed by atoms with E-state index in [1.165, 1.54) is 18.2 Å². The Morgan fingerprint density at radius 3 is 2.54 bits per heavy atom. The number of amides is 1. The van der Waals surface area contributed by atoms with Crippen LogP contribution in [0.15, 0.2) is 35.2 Å². The van der Waals surface area contributed by atoms with Gasteiger partial charge in [0.25, 0.3) is 15.9 Å². The zero-order valence-electron chi connectivity index (χ0n) is 14.8. The van der Waals surface area contributed by atoms with Gasteiger partial charge in [-0.2, -0.15) is 4.31 Å². The van der Waals surface area contributed by atoms with Gasteiger partial charge in [0.05, 0.1) is 15.6 Å². The van der Waals surface area contributed by atoms with Crippen LogP contribution in [0.4, 0.5) is 0 Å². The summed E-state index contributed by atoms with van der Waals surface area (Å²) in [6, 6.07) is 7.00. The molecule has 3 rings (SSSR count). The van der Waals surface area contributed by atoms with E-state index in [1.807, 2.05) is 13.8 Å². The van der Waals surface area contributed by atoms with Gasteiger partial charge in [0, 0.05) is 0 Å². The van der Waals surface area contributed by atoms with Crippen LogP contribution < -0.4 is 0 Å². The minimum Gasteiger partial charge on any atom is -0.506 e. The molecule has 28 heavy (non-hydrogen) atoms. The molecule has 0 aromatic heterocycles. The minimum absolute atomic E-state index is 0.0713. The number of aromatic hydroxyl groups is 1. The highest BCUT2D eigenvalue weighted by Crippen LogP contribution is 2.36. The monoisotopic (exact) mass is 443 g/mol. The number of phenols is 1. The van der Waals surface area contributed by atoms with E-state index in [4.69, 9.17) is 27.9 Å². The second-order valence-corrected chi connectivity index (χ2v) is 8.97. The summed E-state index contributed by atoms with van der Waals surface area (Å²) in [6.07, 6.45) is 0. The van der Waals surface area contributed by atoms with E-state index >= 15 is 0 Å². The molecular formula is C18H15Cl2NO6S. The maximum atomic E-state index is 12.7. The number of carbonyl (C=O) groups excluding carboxylic acids is 2. The van der Waals surface area contributed by atoms with Crippen molar-refractivity contribution in [3.63, 3.8) is 0 Å². The summed E-state index contributed by atoms with van der Waals surface area (Å²) in [5.74, 6) is -2.33. The molecule has 0 atom stereocenters. The lowest BCUT2D eigenvalue weighted by Crippen LogP contribution is -2.33. The fourth-order valence-electron chi connectivity index (χ4n) is 2.87. The predicted molar refractivity (Wildman–Crippen MR) is 102 cm³/mol. The number of benzene rings is 2. The van der Waals surface area contributed by atoms with E-state index in [2.05, 4.69) is 0 Å². The molecule has 0 fully saturated rings. The summed E-state index contributed by atoms with van der Waals surface area (Å²) in [4.78, 5) is 24.9. The Labute approximate surface area is 171 Å². The van der Waals surface area contributed by atoms with Crippen molar-refractivity contribution >= 4 is 45.1 Å². The first kappa shape index (κ1) is 20.4. The Morgan fingerprint density at radius 1 is 1.21 bits per heavy atom. The third-order valence-corrected chi connectivity index (χ3v) is 6.72. The van der Waals surface area contributed by atoms with Crippen molar-refractivity contribution in [2.45, 2.75) is 24.7 Å². The molecule has 1 aliphatic heterocycles. The van der Waals surface area contributed by atoms with Gasteiger partial charge in [-0.05, 0) is 29.7 Å². The van der Waals surface area contributed by atoms with Crippen molar-refractivity contribution in [1.82, 2.24) is 4.31 Å². The Kier molecular flexibility index (Phi) is 5.31. The number of fused-ring (bicyclic) bond motifs is 1. The van der Waals surface area contributed by atoms with Crippen molar-refractivity contribution in [3.8, 4) is 5.75 Å². The van der Waals surface area contributed by atoms with Crippen molar-refractivity contribution in [3.05, 3.63) is 57.1 Å². The molecule has 0 unspecified atom stereocenters. The van der Waals surface area contributed by atoms with E-state index in [-0.39, 0.29) is 32.0 Å². The lowest BCUT2D eigenvalue weighted by molar-refractivity contribution is 0.0357. The third kappa shape index (κ3) is 3.21.